The van der Waals surface area contributed by atoms with Crippen molar-refractivity contribution in [2.75, 3.05) is 23.8 Å². The second-order valence-corrected chi connectivity index (χ2v) is 5.62. The molecule has 23 heavy (non-hydrogen) atoms. The van der Waals surface area contributed by atoms with Gasteiger partial charge < -0.3 is 20.1 Å². The van der Waals surface area contributed by atoms with Crippen molar-refractivity contribution in [1.82, 2.24) is 10.5 Å². The number of carbonyl (C=O) groups excluding carboxylic acids is 1. The molecule has 0 saturated heterocycles. The molecule has 2 amide bonds. The molecule has 0 spiro atoms. The van der Waals surface area contributed by atoms with E-state index in [1.54, 1.807) is 0 Å². The number of benzene rings is 1. The molecule has 2 rings (SSSR count). The third-order valence-corrected chi connectivity index (χ3v) is 3.89. The summed E-state index contributed by atoms with van der Waals surface area (Å²) >= 11 is 0. The van der Waals surface area contributed by atoms with Crippen molar-refractivity contribution < 1.29 is 9.32 Å². The van der Waals surface area contributed by atoms with E-state index in [-0.39, 0.29) is 12.1 Å². The predicted octanol–water partition coefficient (Wildman–Crippen LogP) is 3.63. The molecule has 124 valence electrons. The Morgan fingerprint density at radius 2 is 2.13 bits per heavy atom. The van der Waals surface area contributed by atoms with Gasteiger partial charge in [0.15, 0.2) is 0 Å². The second-order valence-electron chi connectivity index (χ2n) is 5.62. The van der Waals surface area contributed by atoms with Gasteiger partial charge in [0, 0.05) is 30.5 Å². The van der Waals surface area contributed by atoms with Gasteiger partial charge in [0.1, 0.15) is 5.76 Å². The van der Waals surface area contributed by atoms with Gasteiger partial charge >= 0.3 is 6.03 Å². The first-order valence-electron chi connectivity index (χ1n) is 7.73. The van der Waals surface area contributed by atoms with Crippen molar-refractivity contribution in [2.24, 2.45) is 0 Å². The minimum atomic E-state index is -0.256. The number of hydrogen-bond donors (Lipinski definition) is 2. The number of aryl methyl sites for hydroxylation is 2. The largest absolute Gasteiger partial charge is 0.375 e. The van der Waals surface area contributed by atoms with E-state index in [9.17, 15) is 4.79 Å². The molecule has 1 aromatic heterocycles. The zero-order valence-corrected chi connectivity index (χ0v) is 14.3. The standard InChI is InChI=1S/C17H24N4O2/c1-6-21(5)15-9-7-8-14(10-15)19-17(22)18-11(2)16-12(3)20-23-13(16)4/h7-11H,6H2,1-5H3,(H2,18,19,22)/t11-/m1/s1. The van der Waals surface area contributed by atoms with Crippen molar-refractivity contribution >= 4 is 17.4 Å². The van der Waals surface area contributed by atoms with Crippen LogP contribution in [-0.4, -0.2) is 24.8 Å². The Labute approximate surface area is 136 Å². The highest BCUT2D eigenvalue weighted by Gasteiger charge is 2.18. The molecule has 0 aliphatic heterocycles. The fourth-order valence-corrected chi connectivity index (χ4v) is 2.55. The van der Waals surface area contributed by atoms with Crippen molar-refractivity contribution in [3.8, 4) is 0 Å². The summed E-state index contributed by atoms with van der Waals surface area (Å²) in [5, 5.41) is 9.69. The number of nitrogens with one attached hydrogen (secondary N) is 2. The Morgan fingerprint density at radius 1 is 1.39 bits per heavy atom. The highest BCUT2D eigenvalue weighted by molar-refractivity contribution is 5.90. The van der Waals surface area contributed by atoms with Crippen LogP contribution in [-0.2, 0) is 0 Å². The van der Waals surface area contributed by atoms with E-state index in [2.05, 4.69) is 27.6 Å². The fraction of sp³-hybridized carbons (Fsp3) is 0.412. The average molecular weight is 316 g/mol. The van der Waals surface area contributed by atoms with E-state index < -0.39 is 0 Å². The normalized spacial score (nSPS) is 11.9. The number of nitrogens with zero attached hydrogens (tertiary/aromatic N) is 2. The van der Waals surface area contributed by atoms with E-state index in [1.807, 2.05) is 52.1 Å². The summed E-state index contributed by atoms with van der Waals surface area (Å²) in [7, 11) is 2.01. The molecule has 0 bridgehead atoms. The van der Waals surface area contributed by atoms with E-state index >= 15 is 0 Å². The lowest BCUT2D eigenvalue weighted by Crippen LogP contribution is -2.31. The van der Waals surface area contributed by atoms with Gasteiger partial charge in [-0.25, -0.2) is 4.79 Å². The molecule has 0 fully saturated rings. The number of anilines is 2. The van der Waals surface area contributed by atoms with Gasteiger partial charge in [-0.3, -0.25) is 0 Å². The molecule has 2 N–H and O–H groups in total. The Balaban J connectivity index is 2.02. The van der Waals surface area contributed by atoms with Gasteiger partial charge in [-0.05, 0) is 45.9 Å². The molecular weight excluding hydrogens is 292 g/mol. The fourth-order valence-electron chi connectivity index (χ4n) is 2.55. The lowest BCUT2D eigenvalue weighted by Gasteiger charge is -2.18. The maximum absolute atomic E-state index is 12.2. The number of hydrogen-bond acceptors (Lipinski definition) is 4. The smallest absolute Gasteiger partial charge is 0.319 e. The summed E-state index contributed by atoms with van der Waals surface area (Å²) in [5.41, 5.74) is 3.52. The molecule has 0 unspecified atom stereocenters. The van der Waals surface area contributed by atoms with Crippen molar-refractivity contribution in [3.05, 3.63) is 41.3 Å². The summed E-state index contributed by atoms with van der Waals surface area (Å²) in [6.07, 6.45) is 0. The predicted molar refractivity (Wildman–Crippen MR) is 91.9 cm³/mol. The van der Waals surface area contributed by atoms with Crippen LogP contribution in [0.25, 0.3) is 0 Å². The maximum atomic E-state index is 12.2. The quantitative estimate of drug-likeness (QED) is 0.883. The molecule has 0 aliphatic rings. The van der Waals surface area contributed by atoms with Crippen LogP contribution >= 0.6 is 0 Å². The summed E-state index contributed by atoms with van der Waals surface area (Å²) < 4.78 is 5.14. The lowest BCUT2D eigenvalue weighted by molar-refractivity contribution is 0.249. The van der Waals surface area contributed by atoms with Crippen molar-refractivity contribution in [2.45, 2.75) is 33.7 Å². The molecule has 1 aromatic carbocycles. The minimum absolute atomic E-state index is 0.178. The minimum Gasteiger partial charge on any atom is -0.375 e. The highest BCUT2D eigenvalue weighted by atomic mass is 16.5. The Hall–Kier alpha value is -2.50. The van der Waals surface area contributed by atoms with Crippen LogP contribution in [0.4, 0.5) is 16.2 Å². The van der Waals surface area contributed by atoms with E-state index in [0.29, 0.717) is 0 Å². The van der Waals surface area contributed by atoms with Crippen LogP contribution in [0.3, 0.4) is 0 Å². The molecule has 6 nitrogen and oxygen atoms in total. The second kappa shape index (κ2) is 7.17. The van der Waals surface area contributed by atoms with Crippen molar-refractivity contribution in [3.63, 3.8) is 0 Å². The monoisotopic (exact) mass is 316 g/mol. The van der Waals surface area contributed by atoms with Crippen LogP contribution < -0.4 is 15.5 Å². The average Bonchev–Trinajstić information content (AvgIpc) is 2.85. The summed E-state index contributed by atoms with van der Waals surface area (Å²) in [6.45, 7) is 8.60. The number of amides is 2. The van der Waals surface area contributed by atoms with E-state index in [0.717, 1.165) is 34.9 Å². The SMILES string of the molecule is CCN(C)c1cccc(NC(=O)N[C@H](C)c2c(C)noc2C)c1. The molecule has 2 aromatic rings. The number of rotatable bonds is 5. The van der Waals surface area contributed by atoms with Gasteiger partial charge in [0.05, 0.1) is 11.7 Å². The molecule has 1 atom stereocenters. The van der Waals surface area contributed by atoms with Crippen LogP contribution in [0.5, 0.6) is 0 Å². The van der Waals surface area contributed by atoms with E-state index in [4.69, 9.17) is 4.52 Å². The van der Waals surface area contributed by atoms with Crippen LogP contribution in [0.1, 0.15) is 36.9 Å². The molecule has 0 aliphatic carbocycles. The molecular formula is C17H24N4O2. The van der Waals surface area contributed by atoms with Gasteiger partial charge in [0.25, 0.3) is 0 Å². The third kappa shape index (κ3) is 4.03. The number of aromatic nitrogens is 1. The molecule has 1 heterocycles. The zero-order chi connectivity index (χ0) is 17.0. The van der Waals surface area contributed by atoms with E-state index in [1.165, 1.54) is 0 Å². The van der Waals surface area contributed by atoms with Crippen LogP contribution in [0.2, 0.25) is 0 Å². The first-order chi connectivity index (χ1) is 10.9. The first-order valence-corrected chi connectivity index (χ1v) is 7.73. The van der Waals surface area contributed by atoms with Crippen LogP contribution in [0.15, 0.2) is 28.8 Å². The van der Waals surface area contributed by atoms with Gasteiger partial charge in [-0.1, -0.05) is 11.2 Å². The summed E-state index contributed by atoms with van der Waals surface area (Å²) in [5.74, 6) is 0.724. The summed E-state index contributed by atoms with van der Waals surface area (Å²) in [4.78, 5) is 14.3. The van der Waals surface area contributed by atoms with Gasteiger partial charge in [-0.15, -0.1) is 0 Å². The van der Waals surface area contributed by atoms with Crippen LogP contribution in [0, 0.1) is 13.8 Å². The number of urea groups is 1. The van der Waals surface area contributed by atoms with Crippen molar-refractivity contribution in [1.29, 1.82) is 0 Å². The highest BCUT2D eigenvalue weighted by Crippen LogP contribution is 2.21. The molecule has 0 saturated carbocycles. The maximum Gasteiger partial charge on any atom is 0.319 e. The first kappa shape index (κ1) is 16.9. The Morgan fingerprint density at radius 3 is 2.74 bits per heavy atom. The number of carbonyl (C=O) groups is 1. The van der Waals surface area contributed by atoms with Gasteiger partial charge in [0.2, 0.25) is 0 Å². The Bertz CT molecular complexity index is 661. The third-order valence-electron chi connectivity index (χ3n) is 3.89. The lowest BCUT2D eigenvalue weighted by atomic mass is 10.1. The van der Waals surface area contributed by atoms with Gasteiger partial charge in [-0.2, -0.15) is 0 Å². The zero-order valence-electron chi connectivity index (χ0n) is 14.3. The molecule has 6 heteroatoms. The topological polar surface area (TPSA) is 70.4 Å². The molecule has 0 radical (unpaired) electrons. The summed E-state index contributed by atoms with van der Waals surface area (Å²) in [6, 6.07) is 7.32. The Kier molecular flexibility index (Phi) is 5.26.